The van der Waals surface area contributed by atoms with E-state index in [4.69, 9.17) is 54.0 Å². The Morgan fingerprint density at radius 3 is 2.15 bits per heavy atom. The molecule has 0 bridgehead atoms. The lowest BCUT2D eigenvalue weighted by molar-refractivity contribution is -0.185. The van der Waals surface area contributed by atoms with Crippen molar-refractivity contribution in [1.82, 2.24) is 9.96 Å². The van der Waals surface area contributed by atoms with Gasteiger partial charge in [-0.2, -0.15) is 5.06 Å². The Hall–Kier alpha value is -3.05. The number of hydroxylamine groups is 2. The second-order valence-corrected chi connectivity index (χ2v) is 12.4. The van der Waals surface area contributed by atoms with Gasteiger partial charge in [-0.05, 0) is 86.5 Å². The molecular weight excluding hydrogens is 597 g/mol. The maximum Gasteiger partial charge on any atom is 0.437 e. The summed E-state index contributed by atoms with van der Waals surface area (Å²) in [5.41, 5.74) is 1.14. The molecule has 13 heteroatoms. The summed E-state index contributed by atoms with van der Waals surface area (Å²) in [4.78, 5) is 51.6. The lowest BCUT2D eigenvalue weighted by Crippen LogP contribution is -2.58. The zero-order valence-corrected chi connectivity index (χ0v) is 25.4. The summed E-state index contributed by atoms with van der Waals surface area (Å²) in [6.07, 6.45) is -1.57. The number of carbonyl (C=O) groups excluding carboxylic acids is 3. The number of amides is 2. The van der Waals surface area contributed by atoms with Crippen LogP contribution in [0.4, 0.5) is 9.59 Å². The minimum absolute atomic E-state index is 0.0162. The topological polar surface area (TPSA) is 107 Å². The van der Waals surface area contributed by atoms with Crippen molar-refractivity contribution in [3.8, 4) is 0 Å². The minimum Gasteiger partial charge on any atom is -0.444 e. The monoisotopic (exact) mass is 627 g/mol. The Labute approximate surface area is 253 Å². The summed E-state index contributed by atoms with van der Waals surface area (Å²) in [5.74, 6) is -0.759. The van der Waals surface area contributed by atoms with E-state index in [0.717, 1.165) is 16.2 Å². The van der Waals surface area contributed by atoms with Crippen molar-refractivity contribution < 1.29 is 33.5 Å². The highest BCUT2D eigenvalue weighted by atomic mass is 35.6. The number of carbonyl (C=O) groups is 3. The normalized spacial score (nSPS) is 17.9. The van der Waals surface area contributed by atoms with Crippen LogP contribution in [-0.4, -0.2) is 62.0 Å². The van der Waals surface area contributed by atoms with Crippen LogP contribution in [0.15, 0.2) is 65.8 Å². The summed E-state index contributed by atoms with van der Waals surface area (Å²) in [7, 11) is 0. The summed E-state index contributed by atoms with van der Waals surface area (Å²) in [5, 5.41) is 4.87. The van der Waals surface area contributed by atoms with E-state index in [-0.39, 0.29) is 26.0 Å². The third-order valence-corrected chi connectivity index (χ3v) is 6.08. The molecule has 1 aliphatic heterocycles. The molecular formula is C28H32Cl3N3O7. The number of alkyl halides is 3. The van der Waals surface area contributed by atoms with Gasteiger partial charge in [-0.25, -0.2) is 14.4 Å². The zero-order chi connectivity index (χ0) is 30.2. The fraction of sp³-hybridized carbons (Fsp3) is 0.429. The number of piperidine rings is 1. The van der Waals surface area contributed by atoms with Crippen molar-refractivity contribution >= 4 is 58.7 Å². The molecule has 3 rings (SSSR count). The fourth-order valence-electron chi connectivity index (χ4n) is 3.99. The number of hydrogen-bond donors (Lipinski definition) is 0. The Morgan fingerprint density at radius 2 is 1.56 bits per heavy atom. The summed E-state index contributed by atoms with van der Waals surface area (Å²) < 4.78 is 8.11. The molecule has 2 amide bonds. The molecule has 1 saturated heterocycles. The predicted octanol–water partition coefficient (Wildman–Crippen LogP) is 6.62. The van der Waals surface area contributed by atoms with Gasteiger partial charge in [0.25, 0.3) is 0 Å². The molecule has 2 aromatic carbocycles. The highest BCUT2D eigenvalue weighted by Crippen LogP contribution is 2.31. The highest BCUT2D eigenvalue weighted by molar-refractivity contribution is 6.66. The first-order valence-corrected chi connectivity index (χ1v) is 13.9. The molecule has 41 heavy (non-hydrogen) atoms. The van der Waals surface area contributed by atoms with Crippen LogP contribution >= 0.6 is 34.8 Å². The molecule has 1 heterocycles. The van der Waals surface area contributed by atoms with Crippen molar-refractivity contribution in [3.63, 3.8) is 0 Å². The Balaban J connectivity index is 1.83. The number of halogens is 3. The smallest absolute Gasteiger partial charge is 0.437 e. The van der Waals surface area contributed by atoms with Gasteiger partial charge in [0.15, 0.2) is 0 Å². The number of benzene rings is 2. The van der Waals surface area contributed by atoms with Gasteiger partial charge in [-0.15, -0.1) is 0 Å². The highest BCUT2D eigenvalue weighted by Gasteiger charge is 2.44. The SMILES string of the molecule is CC(=NOC(=O)[C@@H]1CC[C@@H](N(OCc2ccccc2)C(=O)OC(Cl)(Cl)Cl)CN1C(=O)OC(C)(C)C)c1ccccc1. The average molecular weight is 629 g/mol. The van der Waals surface area contributed by atoms with Crippen LogP contribution in [0.2, 0.25) is 0 Å². The van der Waals surface area contributed by atoms with E-state index in [1.807, 2.05) is 48.5 Å². The average Bonchev–Trinajstić information content (AvgIpc) is 2.90. The van der Waals surface area contributed by atoms with Gasteiger partial charge in [0.2, 0.25) is 0 Å². The van der Waals surface area contributed by atoms with E-state index in [1.165, 1.54) is 4.90 Å². The first-order valence-electron chi connectivity index (χ1n) is 12.8. The third kappa shape index (κ3) is 10.4. The fourth-order valence-corrected chi connectivity index (χ4v) is 4.18. The molecule has 0 unspecified atom stereocenters. The van der Waals surface area contributed by atoms with Gasteiger partial charge in [0, 0.05) is 6.54 Å². The van der Waals surface area contributed by atoms with Gasteiger partial charge < -0.3 is 14.3 Å². The van der Waals surface area contributed by atoms with Crippen molar-refractivity contribution in [3.05, 3.63) is 71.8 Å². The maximum absolute atomic E-state index is 13.3. The molecule has 2 atom stereocenters. The minimum atomic E-state index is -2.36. The van der Waals surface area contributed by atoms with Crippen LogP contribution in [0.1, 0.15) is 51.7 Å². The Bertz CT molecular complexity index is 1220. The summed E-state index contributed by atoms with van der Waals surface area (Å²) >= 11 is 17.1. The molecule has 2 aromatic rings. The molecule has 1 fully saturated rings. The van der Waals surface area contributed by atoms with E-state index in [1.54, 1.807) is 39.8 Å². The molecule has 0 aliphatic carbocycles. The van der Waals surface area contributed by atoms with E-state index in [2.05, 4.69) is 5.16 Å². The van der Waals surface area contributed by atoms with E-state index >= 15 is 0 Å². The molecule has 0 N–H and O–H groups in total. The Morgan fingerprint density at radius 1 is 0.951 bits per heavy atom. The van der Waals surface area contributed by atoms with Gasteiger partial charge >= 0.3 is 22.1 Å². The first-order chi connectivity index (χ1) is 19.2. The molecule has 0 saturated carbocycles. The second-order valence-electron chi connectivity index (χ2n) is 10.2. The van der Waals surface area contributed by atoms with Crippen LogP contribution in [0.3, 0.4) is 0 Å². The quantitative estimate of drug-likeness (QED) is 0.147. The van der Waals surface area contributed by atoms with Gasteiger partial charge in [0.05, 0.1) is 11.8 Å². The van der Waals surface area contributed by atoms with Gasteiger partial charge in [-0.1, -0.05) is 65.8 Å². The van der Waals surface area contributed by atoms with E-state index in [9.17, 15) is 14.4 Å². The predicted molar refractivity (Wildman–Crippen MR) is 154 cm³/mol. The number of hydrogen-bond acceptors (Lipinski definition) is 8. The van der Waals surface area contributed by atoms with E-state index < -0.39 is 39.8 Å². The van der Waals surface area contributed by atoms with Crippen molar-refractivity contribution in [2.24, 2.45) is 5.16 Å². The second kappa shape index (κ2) is 14.2. The number of likely N-dealkylation sites (tertiary alicyclic amines) is 1. The standard InChI is InChI=1S/C28H32Cl3N3O7/c1-19(21-13-9-6-10-14-21)32-41-24(35)23-16-15-22(17-33(23)25(36)39-27(2,3)4)34(26(37)40-28(29,30)31)38-18-20-11-7-5-8-12-20/h5-14,22-23H,15-18H2,1-4H3/t22-,23+/m1/s1. The van der Waals surface area contributed by atoms with Gasteiger partial charge in [0.1, 0.15) is 18.2 Å². The van der Waals surface area contributed by atoms with Crippen LogP contribution < -0.4 is 0 Å². The van der Waals surface area contributed by atoms with Crippen LogP contribution in [0.25, 0.3) is 0 Å². The van der Waals surface area contributed by atoms with Crippen LogP contribution in [0.5, 0.6) is 0 Å². The van der Waals surface area contributed by atoms with Crippen LogP contribution in [0, 0.1) is 0 Å². The summed E-state index contributed by atoms with van der Waals surface area (Å²) in [6, 6.07) is 16.4. The number of ether oxygens (including phenoxy) is 2. The molecule has 0 spiro atoms. The van der Waals surface area contributed by atoms with Crippen molar-refractivity contribution in [1.29, 1.82) is 0 Å². The van der Waals surface area contributed by atoms with Gasteiger partial charge in [-0.3, -0.25) is 9.74 Å². The molecule has 222 valence electrons. The largest absolute Gasteiger partial charge is 0.444 e. The first kappa shape index (κ1) is 32.5. The Kier molecular flexibility index (Phi) is 11.3. The van der Waals surface area contributed by atoms with E-state index in [0.29, 0.717) is 5.71 Å². The lowest BCUT2D eigenvalue weighted by Gasteiger charge is -2.41. The number of oxime groups is 1. The van der Waals surface area contributed by atoms with Crippen LogP contribution in [-0.2, 0) is 30.6 Å². The molecule has 10 nitrogen and oxygen atoms in total. The zero-order valence-electron chi connectivity index (χ0n) is 23.1. The lowest BCUT2D eigenvalue weighted by atomic mass is 9.98. The number of rotatable bonds is 7. The number of nitrogens with zero attached hydrogens (tertiary/aromatic N) is 3. The van der Waals surface area contributed by atoms with Crippen molar-refractivity contribution in [2.75, 3.05) is 6.54 Å². The van der Waals surface area contributed by atoms with Crippen molar-refractivity contribution in [2.45, 2.75) is 68.8 Å². The molecule has 0 aromatic heterocycles. The summed E-state index contributed by atoms with van der Waals surface area (Å²) in [6.45, 7) is 6.60. The maximum atomic E-state index is 13.3. The third-order valence-electron chi connectivity index (χ3n) is 5.85. The molecule has 0 radical (unpaired) electrons. The molecule has 1 aliphatic rings.